The lowest BCUT2D eigenvalue weighted by Crippen LogP contribution is -2.30. The van der Waals surface area contributed by atoms with Crippen LogP contribution in [-0.2, 0) is 0 Å². The molecule has 12 heavy (non-hydrogen) atoms. The van der Waals surface area contributed by atoms with Gasteiger partial charge in [-0.1, -0.05) is 26.2 Å². The normalized spacial score (nSPS) is 15.6. The van der Waals surface area contributed by atoms with Crippen LogP contribution in [0.3, 0.4) is 0 Å². The maximum Gasteiger partial charge on any atom is 0.235 e. The molecule has 4 heteroatoms. The molecule has 0 rings (SSSR count). The monoisotopic (exact) mass is 175 g/mol. The Hall–Kier alpha value is -0.640. The Morgan fingerprint density at radius 2 is 2.08 bits per heavy atom. The number of hydrogen-bond donors (Lipinski definition) is 1. The van der Waals surface area contributed by atoms with E-state index in [0.717, 1.165) is 19.3 Å². The minimum atomic E-state index is -0.832. The second-order valence-electron chi connectivity index (χ2n) is 3.09. The highest BCUT2D eigenvalue weighted by Crippen LogP contribution is 2.08. The van der Waals surface area contributed by atoms with E-state index in [1.807, 2.05) is 0 Å². The molecule has 0 aromatic carbocycles. The molecule has 0 aromatic rings. The van der Waals surface area contributed by atoms with Crippen molar-refractivity contribution in [3.05, 3.63) is 10.1 Å². The fraction of sp³-hybridized carbons (Fsp3) is 1.00. The number of rotatable bonds is 6. The van der Waals surface area contributed by atoms with Crippen LogP contribution in [0.5, 0.6) is 0 Å². The molecule has 0 saturated carbocycles. The Kier molecular flexibility index (Phi) is 5.62. The zero-order valence-corrected chi connectivity index (χ0v) is 7.69. The molecule has 0 fully saturated rings. The van der Waals surface area contributed by atoms with Crippen molar-refractivity contribution in [3.8, 4) is 0 Å². The van der Waals surface area contributed by atoms with E-state index in [0.29, 0.717) is 6.42 Å². The van der Waals surface area contributed by atoms with Crippen LogP contribution in [0.15, 0.2) is 0 Å². The minimum absolute atomic E-state index is 0.434. The molecule has 0 amide bonds. The lowest BCUT2D eigenvalue weighted by Gasteiger charge is -2.11. The van der Waals surface area contributed by atoms with Crippen molar-refractivity contribution in [1.29, 1.82) is 0 Å². The zero-order chi connectivity index (χ0) is 9.56. The number of nitro groups is 1. The largest absolute Gasteiger partial charge is 0.386 e. The first kappa shape index (κ1) is 11.4. The Balaban J connectivity index is 3.56. The summed E-state index contributed by atoms with van der Waals surface area (Å²) in [4.78, 5) is 9.79. The summed E-state index contributed by atoms with van der Waals surface area (Å²) in [5.41, 5.74) is 0. The Morgan fingerprint density at radius 1 is 1.50 bits per heavy atom. The topological polar surface area (TPSA) is 63.4 Å². The molecule has 0 spiro atoms. The first-order valence-corrected chi connectivity index (χ1v) is 4.41. The number of nitrogens with zero attached hydrogens (tertiary/aromatic N) is 1. The van der Waals surface area contributed by atoms with Crippen molar-refractivity contribution >= 4 is 0 Å². The van der Waals surface area contributed by atoms with Gasteiger partial charge in [-0.3, -0.25) is 10.1 Å². The van der Waals surface area contributed by atoms with Gasteiger partial charge in [-0.25, -0.2) is 0 Å². The summed E-state index contributed by atoms with van der Waals surface area (Å²) in [5, 5.41) is 19.5. The first-order chi connectivity index (χ1) is 5.59. The van der Waals surface area contributed by atoms with Gasteiger partial charge in [-0.15, -0.1) is 0 Å². The molecular weight excluding hydrogens is 158 g/mol. The van der Waals surface area contributed by atoms with Crippen molar-refractivity contribution in [1.82, 2.24) is 0 Å². The van der Waals surface area contributed by atoms with E-state index < -0.39 is 17.1 Å². The first-order valence-electron chi connectivity index (χ1n) is 4.41. The third kappa shape index (κ3) is 4.28. The molecule has 0 aliphatic rings. The van der Waals surface area contributed by atoms with Gasteiger partial charge in [0.1, 0.15) is 6.10 Å². The van der Waals surface area contributed by atoms with Gasteiger partial charge in [0, 0.05) is 11.8 Å². The van der Waals surface area contributed by atoms with Gasteiger partial charge in [0.05, 0.1) is 0 Å². The van der Waals surface area contributed by atoms with Crippen LogP contribution in [0, 0.1) is 10.1 Å². The maximum absolute atomic E-state index is 10.2. The Morgan fingerprint density at radius 3 is 2.50 bits per heavy atom. The van der Waals surface area contributed by atoms with E-state index >= 15 is 0 Å². The summed E-state index contributed by atoms with van der Waals surface area (Å²) in [6, 6.07) is -0.832. The molecule has 0 aliphatic carbocycles. The minimum Gasteiger partial charge on any atom is -0.386 e. The van der Waals surface area contributed by atoms with E-state index in [9.17, 15) is 15.2 Å². The van der Waals surface area contributed by atoms with E-state index in [2.05, 4.69) is 6.92 Å². The van der Waals surface area contributed by atoms with Crippen molar-refractivity contribution in [2.75, 3.05) is 0 Å². The second kappa shape index (κ2) is 5.94. The molecule has 1 unspecified atom stereocenters. The highest BCUT2D eigenvalue weighted by atomic mass is 16.6. The molecule has 0 aliphatic heterocycles. The standard InChI is InChI=1S/C8H17NO3/c1-3-4-5-6-8(10)7(2)9(11)12/h7-8,10H,3-6H2,1-2H3/t7?,8-/m1/s1. The summed E-state index contributed by atoms with van der Waals surface area (Å²) >= 11 is 0. The molecule has 0 radical (unpaired) electrons. The molecule has 1 N–H and O–H groups in total. The summed E-state index contributed by atoms with van der Waals surface area (Å²) < 4.78 is 0. The maximum atomic E-state index is 10.2. The highest BCUT2D eigenvalue weighted by molar-refractivity contribution is 4.62. The third-order valence-electron chi connectivity index (χ3n) is 1.99. The molecule has 0 aromatic heterocycles. The molecule has 2 atom stereocenters. The van der Waals surface area contributed by atoms with Crippen molar-refractivity contribution < 1.29 is 10.0 Å². The van der Waals surface area contributed by atoms with Gasteiger partial charge >= 0.3 is 0 Å². The Bertz CT molecular complexity index is 138. The van der Waals surface area contributed by atoms with Gasteiger partial charge in [0.2, 0.25) is 6.04 Å². The quantitative estimate of drug-likeness (QED) is 0.379. The van der Waals surface area contributed by atoms with Crippen LogP contribution >= 0.6 is 0 Å². The summed E-state index contributed by atoms with van der Waals surface area (Å²) in [6.07, 6.45) is 2.72. The van der Waals surface area contributed by atoms with E-state index in [1.165, 1.54) is 6.92 Å². The van der Waals surface area contributed by atoms with Gasteiger partial charge in [0.25, 0.3) is 0 Å². The lowest BCUT2D eigenvalue weighted by atomic mass is 10.1. The zero-order valence-electron chi connectivity index (χ0n) is 7.69. The average molecular weight is 175 g/mol. The lowest BCUT2D eigenvalue weighted by molar-refractivity contribution is -0.530. The second-order valence-corrected chi connectivity index (χ2v) is 3.09. The smallest absolute Gasteiger partial charge is 0.235 e. The van der Waals surface area contributed by atoms with E-state index in [-0.39, 0.29) is 0 Å². The number of unbranched alkanes of at least 4 members (excludes halogenated alkanes) is 2. The SMILES string of the molecule is CCCCC[C@@H](O)C(C)[N+](=O)[O-]. The third-order valence-corrected chi connectivity index (χ3v) is 1.99. The fourth-order valence-corrected chi connectivity index (χ4v) is 0.985. The Labute approximate surface area is 72.7 Å². The highest BCUT2D eigenvalue weighted by Gasteiger charge is 2.22. The van der Waals surface area contributed by atoms with Gasteiger partial charge in [-0.05, 0) is 6.42 Å². The summed E-state index contributed by atoms with van der Waals surface area (Å²) in [5.74, 6) is 0. The van der Waals surface area contributed by atoms with Crippen LogP contribution in [0.2, 0.25) is 0 Å². The fourth-order valence-electron chi connectivity index (χ4n) is 0.985. The van der Waals surface area contributed by atoms with E-state index in [4.69, 9.17) is 0 Å². The molecule has 0 bridgehead atoms. The van der Waals surface area contributed by atoms with Crippen molar-refractivity contribution in [2.45, 2.75) is 51.7 Å². The van der Waals surface area contributed by atoms with Crippen LogP contribution in [0.4, 0.5) is 0 Å². The predicted octanol–water partition coefficient (Wildman–Crippen LogP) is 1.59. The average Bonchev–Trinajstić information content (AvgIpc) is 2.03. The summed E-state index contributed by atoms with van der Waals surface area (Å²) in [6.45, 7) is 3.50. The van der Waals surface area contributed by atoms with E-state index in [1.54, 1.807) is 0 Å². The molecule has 0 saturated heterocycles. The number of aliphatic hydroxyl groups excluding tert-OH is 1. The molecular formula is C8H17NO3. The van der Waals surface area contributed by atoms with Crippen LogP contribution in [0.25, 0.3) is 0 Å². The van der Waals surface area contributed by atoms with Crippen molar-refractivity contribution in [2.24, 2.45) is 0 Å². The van der Waals surface area contributed by atoms with Crippen molar-refractivity contribution in [3.63, 3.8) is 0 Å². The summed E-state index contributed by atoms with van der Waals surface area (Å²) in [7, 11) is 0. The molecule has 0 heterocycles. The molecule has 72 valence electrons. The van der Waals surface area contributed by atoms with Gasteiger partial charge in [0.15, 0.2) is 0 Å². The molecule has 4 nitrogen and oxygen atoms in total. The van der Waals surface area contributed by atoms with Crippen LogP contribution < -0.4 is 0 Å². The number of aliphatic hydroxyl groups is 1. The van der Waals surface area contributed by atoms with Crippen LogP contribution in [0.1, 0.15) is 39.5 Å². The van der Waals surface area contributed by atoms with Gasteiger partial charge < -0.3 is 5.11 Å². The van der Waals surface area contributed by atoms with Crippen LogP contribution in [-0.4, -0.2) is 22.2 Å². The van der Waals surface area contributed by atoms with Gasteiger partial charge in [-0.2, -0.15) is 0 Å². The predicted molar refractivity (Wildman–Crippen MR) is 46.6 cm³/mol. The number of hydrogen-bond acceptors (Lipinski definition) is 3.